The van der Waals surface area contributed by atoms with Crippen LogP contribution in [-0.4, -0.2) is 9.72 Å². The van der Waals surface area contributed by atoms with Gasteiger partial charge in [-0.25, -0.2) is 0 Å². The van der Waals surface area contributed by atoms with Crippen molar-refractivity contribution in [3.8, 4) is 0 Å². The molecule has 0 spiro atoms. The highest BCUT2D eigenvalue weighted by Crippen LogP contribution is 1.94. The van der Waals surface area contributed by atoms with E-state index in [0.29, 0.717) is 0 Å². The van der Waals surface area contributed by atoms with Crippen molar-refractivity contribution < 1.29 is 14.0 Å². The van der Waals surface area contributed by atoms with Crippen LogP contribution in [0.3, 0.4) is 0 Å². The standard InChI is InChI=1S/N2O3/c3-1-2(3)5-4-1. The van der Waals surface area contributed by atoms with Crippen LogP contribution in [0.25, 0.3) is 0 Å². The Morgan fingerprint density at radius 2 is 1.60 bits per heavy atom. The molecule has 0 amide bonds. The summed E-state index contributed by atoms with van der Waals surface area (Å²) in [5.74, 6) is 0. The van der Waals surface area contributed by atoms with Gasteiger partial charge in [-0.3, -0.25) is 0 Å². The fraction of sp³-hybridized carbons (Fsp3) is 0. The molecule has 5 heteroatoms. The van der Waals surface area contributed by atoms with E-state index in [1.807, 2.05) is 0 Å². The van der Waals surface area contributed by atoms with E-state index in [9.17, 15) is 0 Å². The summed E-state index contributed by atoms with van der Waals surface area (Å²) in [6.45, 7) is 0. The molecule has 0 bridgehead atoms. The topological polar surface area (TPSA) is 48.2 Å². The van der Waals surface area contributed by atoms with Crippen molar-refractivity contribution in [2.24, 2.45) is 0 Å². The highest BCUT2D eigenvalue weighted by molar-refractivity contribution is 3.84. The molecule has 2 aromatic heterocycles. The van der Waals surface area contributed by atoms with Gasteiger partial charge in [0, 0.05) is 0 Å². The number of hydrogen-bond donors (Lipinski definition) is 0. The first-order valence-corrected chi connectivity index (χ1v) is 1.10. The van der Waals surface area contributed by atoms with E-state index in [2.05, 4.69) is 14.0 Å². The average molecular weight is 76.0 g/mol. The van der Waals surface area contributed by atoms with Gasteiger partial charge in [-0.1, -0.05) is 0 Å². The van der Waals surface area contributed by atoms with Crippen molar-refractivity contribution in [1.82, 2.24) is 9.72 Å². The summed E-state index contributed by atoms with van der Waals surface area (Å²) in [5, 5.41) is 0. The Labute approximate surface area is 25.1 Å². The Morgan fingerprint density at radius 1 is 1.00 bits per heavy atom. The molecule has 5 heavy (non-hydrogen) atoms. The van der Waals surface area contributed by atoms with Crippen molar-refractivity contribution in [2.45, 2.75) is 0 Å². The van der Waals surface area contributed by atoms with Crippen LogP contribution in [0.1, 0.15) is 0 Å². The number of rotatable bonds is 0. The zero-order valence-electron chi connectivity index (χ0n) is 2.12. The molecule has 0 radical (unpaired) electrons. The molecular formula is N2O3. The summed E-state index contributed by atoms with van der Waals surface area (Å²) in [7, 11) is 0. The van der Waals surface area contributed by atoms with Crippen LogP contribution < -0.4 is 0 Å². The van der Waals surface area contributed by atoms with Gasteiger partial charge in [0.1, 0.15) is 0 Å². The molecule has 0 unspecified atom stereocenters. The molecule has 0 aromatic carbocycles. The Morgan fingerprint density at radius 3 is 1.60 bits per heavy atom. The number of nitrogens with zero attached hydrogens (tertiary/aromatic N) is 2. The van der Waals surface area contributed by atoms with E-state index in [4.69, 9.17) is 0 Å². The van der Waals surface area contributed by atoms with Crippen LogP contribution in [0.2, 0.25) is 0 Å². The van der Waals surface area contributed by atoms with Crippen LogP contribution in [0, 0.1) is 0 Å². The van der Waals surface area contributed by atoms with Gasteiger partial charge in [0.05, 0.1) is 0 Å². The van der Waals surface area contributed by atoms with E-state index in [1.54, 1.807) is 0 Å². The maximum atomic E-state index is 4.25. The second-order valence-corrected chi connectivity index (χ2v) is 0.706. The lowest BCUT2D eigenvalue weighted by molar-refractivity contribution is -0.165. The van der Waals surface area contributed by atoms with Gasteiger partial charge in [-0.2, -0.15) is 4.63 Å². The van der Waals surface area contributed by atoms with Gasteiger partial charge >= 0.3 is 0 Å². The van der Waals surface area contributed by atoms with Crippen molar-refractivity contribution in [3.05, 3.63) is 0 Å². The molecule has 0 aliphatic rings. The molecule has 2 rings (SSSR count). The Hall–Kier alpha value is -1.00. The quantitative estimate of drug-likeness (QED) is 0.409. The predicted octanol–water partition coefficient (Wildman–Crippen LogP) is -0.182. The molecule has 5 nitrogen and oxygen atoms in total. The second-order valence-electron chi connectivity index (χ2n) is 0.706. The summed E-state index contributed by atoms with van der Waals surface area (Å²) in [6, 6.07) is 0. The molecule has 0 N–H and O–H groups in total. The van der Waals surface area contributed by atoms with E-state index in [-0.39, 0.29) is 0 Å². The fourth-order valence-electron chi connectivity index (χ4n) is 0.158. The molecule has 0 atom stereocenters. The summed E-state index contributed by atoms with van der Waals surface area (Å²) >= 11 is 0. The highest BCUT2D eigenvalue weighted by atomic mass is 17.3. The lowest BCUT2D eigenvalue weighted by atomic mass is 12.9. The monoisotopic (exact) mass is 76.0 g/mol. The first kappa shape index (κ1) is 1.44. The van der Waals surface area contributed by atoms with Crippen LogP contribution >= 0.6 is 0 Å². The molecule has 28 valence electrons. The maximum Gasteiger partial charge on any atom is 0.187 e. The SMILES string of the molecule is o1on2on12. The van der Waals surface area contributed by atoms with Gasteiger partial charge in [0.15, 0.2) is 9.72 Å². The largest absolute Gasteiger partial charge is 0.187 e. The molecule has 0 aliphatic heterocycles. The van der Waals surface area contributed by atoms with Crippen LogP contribution in [-0.2, 0) is 0 Å². The van der Waals surface area contributed by atoms with Crippen molar-refractivity contribution in [2.75, 3.05) is 0 Å². The fourth-order valence-corrected chi connectivity index (χ4v) is 0.158. The molecule has 2 aromatic rings. The minimum absolute atomic E-state index is 1.08. The summed E-state index contributed by atoms with van der Waals surface area (Å²) < 4.78 is 12.3. The number of hydrogen-bond acceptors (Lipinski definition) is 3. The minimum Gasteiger partial charge on any atom is -0.166 e. The zero-order chi connectivity index (χ0) is 3.28. The first-order valence-electron chi connectivity index (χ1n) is 1.10. The average Bonchev–Trinajstić information content (AvgIpc) is 1.74. The Kier molecular flexibility index (Phi) is 0.0540. The molecular weight excluding hydrogens is 76.0 g/mol. The molecule has 0 saturated carbocycles. The molecule has 0 saturated heterocycles. The number of fused-ring (bicyclic) bond motifs is 1. The van der Waals surface area contributed by atoms with E-state index in [0.717, 1.165) is 9.72 Å². The Balaban J connectivity index is 3.29. The maximum absolute atomic E-state index is 4.25. The zero-order valence-corrected chi connectivity index (χ0v) is 2.12. The van der Waals surface area contributed by atoms with Crippen LogP contribution in [0.5, 0.6) is 0 Å². The highest BCUT2D eigenvalue weighted by Gasteiger charge is 2.08. The van der Waals surface area contributed by atoms with Crippen LogP contribution in [0.15, 0.2) is 14.0 Å². The van der Waals surface area contributed by atoms with E-state index in [1.165, 1.54) is 0 Å². The molecule has 2 heterocycles. The summed E-state index contributed by atoms with van der Waals surface area (Å²) in [6.07, 6.45) is 0. The van der Waals surface area contributed by atoms with Crippen molar-refractivity contribution in [1.29, 1.82) is 0 Å². The van der Waals surface area contributed by atoms with Gasteiger partial charge in [-0.15, -0.1) is 9.36 Å². The smallest absolute Gasteiger partial charge is 0.166 e. The Bertz CT molecular complexity index is 156. The second kappa shape index (κ2) is 0.188. The third kappa shape index (κ3) is 0.0300. The van der Waals surface area contributed by atoms with Crippen molar-refractivity contribution >= 4 is 0 Å². The number of aromatic nitrogens is 2. The third-order valence-corrected chi connectivity index (χ3v) is 0.409. The lowest BCUT2D eigenvalue weighted by Crippen LogP contribution is -1.75. The van der Waals surface area contributed by atoms with Gasteiger partial charge in [-0.05, 0) is 0 Å². The summed E-state index contributed by atoms with van der Waals surface area (Å²) in [4.78, 5) is 2.17. The van der Waals surface area contributed by atoms with Gasteiger partial charge in [0.25, 0.3) is 0 Å². The predicted molar refractivity (Wildman–Crippen MR) is 7.64 cm³/mol. The summed E-state index contributed by atoms with van der Waals surface area (Å²) in [5.41, 5.74) is 0. The molecule has 0 aliphatic carbocycles. The van der Waals surface area contributed by atoms with Crippen molar-refractivity contribution in [3.63, 3.8) is 0 Å². The van der Waals surface area contributed by atoms with Gasteiger partial charge in [0.2, 0.25) is 0 Å². The minimum atomic E-state index is 1.08. The van der Waals surface area contributed by atoms with Crippen LogP contribution in [0.4, 0.5) is 0 Å². The lowest BCUT2D eigenvalue weighted by Gasteiger charge is -1.60. The first-order chi connectivity index (χ1) is 2.47. The van der Waals surface area contributed by atoms with E-state index < -0.39 is 0 Å². The van der Waals surface area contributed by atoms with Gasteiger partial charge < -0.3 is 0 Å². The van der Waals surface area contributed by atoms with E-state index >= 15 is 0 Å². The third-order valence-electron chi connectivity index (χ3n) is 0.409. The normalized spacial score (nSPS) is 12.0. The molecule has 0 fully saturated rings.